The molecule has 2 nitrogen and oxygen atoms in total. The number of rotatable bonds is 3. The van der Waals surface area contributed by atoms with E-state index in [4.69, 9.17) is 5.73 Å². The average molecular weight is 250 g/mol. The number of hydrogen-bond acceptors (Lipinski definition) is 3. The molecule has 1 fully saturated rings. The van der Waals surface area contributed by atoms with Crippen molar-refractivity contribution in [3.05, 3.63) is 29.8 Å². The smallest absolute Gasteiger partial charge is 0.0347 e. The summed E-state index contributed by atoms with van der Waals surface area (Å²) >= 11 is 2.09. The van der Waals surface area contributed by atoms with Gasteiger partial charge in [0.25, 0.3) is 0 Å². The maximum Gasteiger partial charge on any atom is 0.0347 e. The first kappa shape index (κ1) is 12.8. The number of hydrogen-bond donors (Lipinski definition) is 1. The summed E-state index contributed by atoms with van der Waals surface area (Å²) in [5.41, 5.74) is 8.19. The molecule has 0 aromatic heterocycles. The van der Waals surface area contributed by atoms with E-state index < -0.39 is 0 Å². The zero-order valence-corrected chi connectivity index (χ0v) is 11.5. The van der Waals surface area contributed by atoms with E-state index in [-0.39, 0.29) is 0 Å². The molecule has 1 aromatic carbocycles. The van der Waals surface area contributed by atoms with Crippen LogP contribution < -0.4 is 5.73 Å². The molecule has 1 saturated heterocycles. The van der Waals surface area contributed by atoms with Crippen molar-refractivity contribution in [3.8, 4) is 0 Å². The van der Waals surface area contributed by atoms with Crippen LogP contribution in [-0.2, 0) is 6.42 Å². The molecular formula is C14H22N2S. The predicted octanol–water partition coefficient (Wildman–Crippen LogP) is 2.64. The summed E-state index contributed by atoms with van der Waals surface area (Å²) in [7, 11) is 0. The van der Waals surface area contributed by atoms with Gasteiger partial charge in [0.05, 0.1) is 0 Å². The van der Waals surface area contributed by atoms with Crippen molar-refractivity contribution < 1.29 is 0 Å². The first-order valence-corrected chi connectivity index (χ1v) is 7.42. The Bertz CT molecular complexity index is 367. The third kappa shape index (κ3) is 3.17. The van der Waals surface area contributed by atoms with Crippen LogP contribution >= 0.6 is 11.8 Å². The maximum absolute atomic E-state index is 5.98. The highest BCUT2D eigenvalue weighted by atomic mass is 32.2. The summed E-state index contributed by atoms with van der Waals surface area (Å²) in [5, 5.41) is 0.747. The lowest BCUT2D eigenvalue weighted by molar-refractivity contribution is 0.216. The fourth-order valence-corrected chi connectivity index (χ4v) is 3.50. The molecule has 0 bridgehead atoms. The van der Waals surface area contributed by atoms with Gasteiger partial charge in [-0.25, -0.2) is 0 Å². The number of anilines is 1. The Labute approximate surface area is 109 Å². The molecule has 3 heteroatoms. The van der Waals surface area contributed by atoms with Crippen molar-refractivity contribution >= 4 is 17.4 Å². The molecule has 1 heterocycles. The second kappa shape index (κ2) is 5.78. The highest BCUT2D eigenvalue weighted by Crippen LogP contribution is 2.24. The normalized spacial score (nSPS) is 26.0. The zero-order chi connectivity index (χ0) is 12.3. The molecule has 2 unspecified atom stereocenters. The van der Waals surface area contributed by atoms with Crippen LogP contribution in [0.5, 0.6) is 0 Å². The minimum absolute atomic E-state index is 0.679. The summed E-state index contributed by atoms with van der Waals surface area (Å²) in [6.45, 7) is 7.01. The summed E-state index contributed by atoms with van der Waals surface area (Å²) in [4.78, 5) is 2.59. The Hall–Kier alpha value is -0.670. The Morgan fingerprint density at radius 3 is 2.88 bits per heavy atom. The van der Waals surface area contributed by atoms with Gasteiger partial charge in [-0.05, 0) is 25.0 Å². The Kier molecular flexibility index (Phi) is 4.35. The molecule has 0 spiro atoms. The molecule has 1 aromatic rings. The van der Waals surface area contributed by atoms with E-state index in [1.54, 1.807) is 0 Å². The van der Waals surface area contributed by atoms with Crippen LogP contribution in [0.15, 0.2) is 24.3 Å². The van der Waals surface area contributed by atoms with Gasteiger partial charge in [0, 0.05) is 35.8 Å². The molecule has 1 aliphatic heterocycles. The van der Waals surface area contributed by atoms with Gasteiger partial charge in [-0.3, -0.25) is 4.90 Å². The van der Waals surface area contributed by atoms with E-state index in [1.807, 2.05) is 12.1 Å². The number of benzene rings is 1. The van der Waals surface area contributed by atoms with E-state index in [1.165, 1.54) is 17.9 Å². The quantitative estimate of drug-likeness (QED) is 0.836. The molecule has 2 rings (SSSR count). The van der Waals surface area contributed by atoms with E-state index in [0.717, 1.165) is 23.9 Å². The molecule has 0 radical (unpaired) electrons. The lowest BCUT2D eigenvalue weighted by atomic mass is 10.1. The average Bonchev–Trinajstić information content (AvgIpc) is 2.33. The fraction of sp³-hybridized carbons (Fsp3) is 0.571. The van der Waals surface area contributed by atoms with Crippen LogP contribution in [0.3, 0.4) is 0 Å². The Balaban J connectivity index is 1.92. The molecule has 1 aliphatic rings. The van der Waals surface area contributed by atoms with Gasteiger partial charge in [-0.15, -0.1) is 0 Å². The van der Waals surface area contributed by atoms with Gasteiger partial charge in [0.1, 0.15) is 0 Å². The summed E-state index contributed by atoms with van der Waals surface area (Å²) in [5.74, 6) is 1.26. The Morgan fingerprint density at radius 2 is 2.12 bits per heavy atom. The van der Waals surface area contributed by atoms with Gasteiger partial charge >= 0.3 is 0 Å². The monoisotopic (exact) mass is 250 g/mol. The number of nitrogens with zero attached hydrogens (tertiary/aromatic N) is 1. The van der Waals surface area contributed by atoms with E-state index in [0.29, 0.717) is 6.04 Å². The summed E-state index contributed by atoms with van der Waals surface area (Å²) < 4.78 is 0. The molecular weight excluding hydrogens is 228 g/mol. The molecule has 17 heavy (non-hydrogen) atoms. The number of nitrogens with two attached hydrogens (primary N) is 1. The largest absolute Gasteiger partial charge is 0.399 e. The van der Waals surface area contributed by atoms with Gasteiger partial charge < -0.3 is 5.73 Å². The molecule has 0 saturated carbocycles. The number of nitrogen functional groups attached to an aromatic ring is 1. The van der Waals surface area contributed by atoms with Gasteiger partial charge in [0.15, 0.2) is 0 Å². The lowest BCUT2D eigenvalue weighted by Gasteiger charge is -2.37. The topological polar surface area (TPSA) is 29.3 Å². The first-order chi connectivity index (χ1) is 8.18. The van der Waals surface area contributed by atoms with Crippen LogP contribution in [0.4, 0.5) is 5.69 Å². The van der Waals surface area contributed by atoms with E-state index >= 15 is 0 Å². The second-order valence-corrected chi connectivity index (χ2v) is 6.29. The number of para-hydroxylation sites is 1. The van der Waals surface area contributed by atoms with Crippen molar-refractivity contribution in [2.75, 3.05) is 24.6 Å². The molecule has 2 N–H and O–H groups in total. The summed E-state index contributed by atoms with van der Waals surface area (Å²) in [6.07, 6.45) is 1.06. The van der Waals surface area contributed by atoms with Crippen LogP contribution in [0.1, 0.15) is 19.4 Å². The molecule has 0 aliphatic carbocycles. The maximum atomic E-state index is 5.98. The minimum Gasteiger partial charge on any atom is -0.399 e. The first-order valence-electron chi connectivity index (χ1n) is 6.37. The van der Waals surface area contributed by atoms with Crippen LogP contribution in [0.25, 0.3) is 0 Å². The molecule has 2 atom stereocenters. The second-order valence-electron chi connectivity index (χ2n) is 4.80. The predicted molar refractivity (Wildman–Crippen MR) is 77.5 cm³/mol. The lowest BCUT2D eigenvalue weighted by Crippen LogP contribution is -2.45. The fourth-order valence-electron chi connectivity index (χ4n) is 2.34. The Morgan fingerprint density at radius 1 is 1.35 bits per heavy atom. The van der Waals surface area contributed by atoms with Crippen molar-refractivity contribution in [2.24, 2.45) is 0 Å². The zero-order valence-electron chi connectivity index (χ0n) is 10.7. The molecule has 94 valence electrons. The number of thioether (sulfide) groups is 1. The van der Waals surface area contributed by atoms with Gasteiger partial charge in [0.2, 0.25) is 0 Å². The van der Waals surface area contributed by atoms with Crippen molar-refractivity contribution in [1.29, 1.82) is 0 Å². The van der Waals surface area contributed by atoms with Crippen LogP contribution in [0.2, 0.25) is 0 Å². The van der Waals surface area contributed by atoms with Gasteiger partial charge in [-0.1, -0.05) is 25.1 Å². The standard InChI is InChI=1S/C14H22N2S/c1-11-12(2)17-10-9-16(11)8-7-13-5-3-4-6-14(13)15/h3-6,11-12H,7-10,15H2,1-2H3. The van der Waals surface area contributed by atoms with Crippen LogP contribution in [0, 0.1) is 0 Å². The van der Waals surface area contributed by atoms with E-state index in [2.05, 4.69) is 42.6 Å². The van der Waals surface area contributed by atoms with Gasteiger partial charge in [-0.2, -0.15) is 11.8 Å². The van der Waals surface area contributed by atoms with Crippen LogP contribution in [-0.4, -0.2) is 35.0 Å². The summed E-state index contributed by atoms with van der Waals surface area (Å²) in [6, 6.07) is 8.89. The van der Waals surface area contributed by atoms with Crippen molar-refractivity contribution in [2.45, 2.75) is 31.6 Å². The molecule has 0 amide bonds. The highest BCUT2D eigenvalue weighted by molar-refractivity contribution is 8.00. The minimum atomic E-state index is 0.679. The van der Waals surface area contributed by atoms with E-state index in [9.17, 15) is 0 Å². The SMILES string of the molecule is CC1SCCN(CCc2ccccc2N)C1C. The third-order valence-electron chi connectivity index (χ3n) is 3.74. The van der Waals surface area contributed by atoms with Crippen molar-refractivity contribution in [3.63, 3.8) is 0 Å². The highest BCUT2D eigenvalue weighted by Gasteiger charge is 2.24. The van der Waals surface area contributed by atoms with Crippen molar-refractivity contribution in [1.82, 2.24) is 4.90 Å². The third-order valence-corrected chi connectivity index (χ3v) is 5.08.